The van der Waals surface area contributed by atoms with E-state index in [-0.39, 0.29) is 35.1 Å². The van der Waals surface area contributed by atoms with E-state index in [4.69, 9.17) is 0 Å². The highest BCUT2D eigenvalue weighted by Gasteiger charge is 2.62. The summed E-state index contributed by atoms with van der Waals surface area (Å²) >= 11 is 0. The van der Waals surface area contributed by atoms with Gasteiger partial charge < -0.3 is 15.3 Å². The molecule has 0 aliphatic heterocycles. The largest absolute Gasteiger partial charge is 0.393 e. The highest BCUT2D eigenvalue weighted by atomic mass is 16.3. The van der Waals surface area contributed by atoms with Crippen LogP contribution in [0.2, 0.25) is 0 Å². The lowest BCUT2D eigenvalue weighted by molar-refractivity contribution is -0.173. The molecule has 10 atom stereocenters. The first-order valence-electron chi connectivity index (χ1n) is 10.3. The lowest BCUT2D eigenvalue weighted by Crippen LogP contribution is -2.58. The SMILES string of the molecule is C[C@@H](O)[C@H]1CC[C@H]2[C@@H]3C[C@H](O)[C@H]4C[C@@H](O)CC[C@]4(C)[C@H]3CC[C@]12C. The average molecular weight is 337 g/mol. The molecule has 3 N–H and O–H groups in total. The summed E-state index contributed by atoms with van der Waals surface area (Å²) in [5.41, 5.74) is 0.457. The van der Waals surface area contributed by atoms with Gasteiger partial charge in [0.1, 0.15) is 0 Å². The van der Waals surface area contributed by atoms with Crippen LogP contribution in [0.1, 0.15) is 72.1 Å². The van der Waals surface area contributed by atoms with Gasteiger partial charge in [0, 0.05) is 0 Å². The van der Waals surface area contributed by atoms with Crippen LogP contribution in [0.3, 0.4) is 0 Å². The Balaban J connectivity index is 1.64. The van der Waals surface area contributed by atoms with E-state index >= 15 is 0 Å². The standard InChI is InChI=1S/C21H36O3/c1-12(22)15-4-5-16-14-11-19(24)18-10-13(23)6-8-21(18,3)17(14)7-9-20(15,16)2/h12-19,22-24H,4-11H2,1-3H3/t12-,13+,14+,15-,16+,17+,18-,19+,20-,21-/m1/s1. The minimum atomic E-state index is -0.251. The zero-order valence-electron chi connectivity index (χ0n) is 15.6. The molecule has 3 heteroatoms. The Hall–Kier alpha value is -0.120. The van der Waals surface area contributed by atoms with Gasteiger partial charge in [-0.25, -0.2) is 0 Å². The molecule has 0 spiro atoms. The molecule has 0 radical (unpaired) electrons. The Kier molecular flexibility index (Phi) is 4.10. The third-order valence-corrected chi connectivity index (χ3v) is 9.31. The average Bonchev–Trinajstić information content (AvgIpc) is 2.87. The third-order valence-electron chi connectivity index (χ3n) is 9.31. The predicted molar refractivity (Wildman–Crippen MR) is 94.3 cm³/mol. The molecular weight excluding hydrogens is 300 g/mol. The van der Waals surface area contributed by atoms with Gasteiger partial charge in [0.25, 0.3) is 0 Å². The molecule has 3 nitrogen and oxygen atoms in total. The maximum absolute atomic E-state index is 10.9. The van der Waals surface area contributed by atoms with Gasteiger partial charge in [-0.15, -0.1) is 0 Å². The second kappa shape index (κ2) is 5.69. The summed E-state index contributed by atoms with van der Waals surface area (Å²) in [5, 5.41) is 31.4. The monoisotopic (exact) mass is 336 g/mol. The molecule has 0 aromatic carbocycles. The van der Waals surface area contributed by atoms with Gasteiger partial charge in [0.15, 0.2) is 0 Å². The Morgan fingerprint density at radius 3 is 2.21 bits per heavy atom. The van der Waals surface area contributed by atoms with Crippen molar-refractivity contribution in [3.63, 3.8) is 0 Å². The lowest BCUT2D eigenvalue weighted by Gasteiger charge is -2.62. The number of fused-ring (bicyclic) bond motifs is 5. The summed E-state index contributed by atoms with van der Waals surface area (Å²) in [6.07, 6.45) is 7.86. The maximum atomic E-state index is 10.9. The van der Waals surface area contributed by atoms with Crippen molar-refractivity contribution in [1.82, 2.24) is 0 Å². The van der Waals surface area contributed by atoms with Crippen LogP contribution in [0.25, 0.3) is 0 Å². The molecule has 4 fully saturated rings. The topological polar surface area (TPSA) is 60.7 Å². The summed E-state index contributed by atoms with van der Waals surface area (Å²) in [6, 6.07) is 0. The van der Waals surface area contributed by atoms with Crippen LogP contribution < -0.4 is 0 Å². The van der Waals surface area contributed by atoms with E-state index < -0.39 is 0 Å². The van der Waals surface area contributed by atoms with E-state index in [1.807, 2.05) is 6.92 Å². The molecule has 0 unspecified atom stereocenters. The first-order chi connectivity index (χ1) is 11.3. The first-order valence-corrected chi connectivity index (χ1v) is 10.3. The fourth-order valence-electron chi connectivity index (χ4n) is 8.11. The van der Waals surface area contributed by atoms with E-state index in [1.54, 1.807) is 0 Å². The van der Waals surface area contributed by atoms with Crippen molar-refractivity contribution in [2.75, 3.05) is 0 Å². The van der Waals surface area contributed by atoms with E-state index in [0.29, 0.717) is 23.7 Å². The molecule has 4 rings (SSSR count). The fraction of sp³-hybridized carbons (Fsp3) is 1.00. The Morgan fingerprint density at radius 2 is 1.50 bits per heavy atom. The predicted octanol–water partition coefficient (Wildman–Crippen LogP) is 3.36. The summed E-state index contributed by atoms with van der Waals surface area (Å²) in [5.74, 6) is 2.68. The zero-order valence-corrected chi connectivity index (χ0v) is 15.6. The minimum Gasteiger partial charge on any atom is -0.393 e. The zero-order chi connectivity index (χ0) is 17.3. The van der Waals surface area contributed by atoms with Gasteiger partial charge in [0.2, 0.25) is 0 Å². The van der Waals surface area contributed by atoms with Crippen LogP contribution in [0.5, 0.6) is 0 Å². The smallest absolute Gasteiger partial charge is 0.0577 e. The summed E-state index contributed by atoms with van der Waals surface area (Å²) in [7, 11) is 0. The molecule has 4 aliphatic carbocycles. The normalized spacial score (nSPS) is 58.5. The van der Waals surface area contributed by atoms with Gasteiger partial charge in [-0.05, 0) is 98.7 Å². The van der Waals surface area contributed by atoms with Crippen molar-refractivity contribution in [1.29, 1.82) is 0 Å². The van der Waals surface area contributed by atoms with Crippen molar-refractivity contribution in [3.8, 4) is 0 Å². The molecule has 0 amide bonds. The van der Waals surface area contributed by atoms with Crippen molar-refractivity contribution in [3.05, 3.63) is 0 Å². The molecular formula is C21H36O3. The molecule has 0 aromatic heterocycles. The molecule has 4 saturated carbocycles. The molecule has 138 valence electrons. The van der Waals surface area contributed by atoms with Crippen LogP contribution in [0, 0.1) is 40.4 Å². The second-order valence-corrected chi connectivity index (χ2v) is 10.2. The van der Waals surface area contributed by atoms with Gasteiger partial charge in [-0.1, -0.05) is 13.8 Å². The molecule has 0 saturated heterocycles. The van der Waals surface area contributed by atoms with Gasteiger partial charge in [-0.3, -0.25) is 0 Å². The van der Waals surface area contributed by atoms with Gasteiger partial charge in [0.05, 0.1) is 18.3 Å². The van der Waals surface area contributed by atoms with E-state index in [0.717, 1.165) is 32.1 Å². The minimum absolute atomic E-state index is 0.200. The highest BCUT2D eigenvalue weighted by Crippen LogP contribution is 2.67. The van der Waals surface area contributed by atoms with E-state index in [2.05, 4.69) is 13.8 Å². The Bertz CT molecular complexity index is 491. The van der Waals surface area contributed by atoms with Crippen LogP contribution in [0.15, 0.2) is 0 Å². The maximum Gasteiger partial charge on any atom is 0.0577 e. The van der Waals surface area contributed by atoms with Gasteiger partial charge >= 0.3 is 0 Å². The second-order valence-electron chi connectivity index (χ2n) is 10.2. The number of hydrogen-bond acceptors (Lipinski definition) is 3. The molecule has 0 heterocycles. The van der Waals surface area contributed by atoms with Crippen molar-refractivity contribution >= 4 is 0 Å². The van der Waals surface area contributed by atoms with Gasteiger partial charge in [-0.2, -0.15) is 0 Å². The number of hydrogen-bond donors (Lipinski definition) is 3. The number of aliphatic hydroxyl groups is 3. The van der Waals surface area contributed by atoms with Crippen molar-refractivity contribution < 1.29 is 15.3 Å². The molecule has 0 aromatic rings. The lowest BCUT2D eigenvalue weighted by atomic mass is 9.44. The van der Waals surface area contributed by atoms with E-state index in [1.165, 1.54) is 19.3 Å². The quantitative estimate of drug-likeness (QED) is 0.688. The Morgan fingerprint density at radius 1 is 0.833 bits per heavy atom. The first kappa shape index (κ1) is 17.3. The van der Waals surface area contributed by atoms with Crippen LogP contribution in [-0.4, -0.2) is 33.6 Å². The van der Waals surface area contributed by atoms with Crippen LogP contribution in [-0.2, 0) is 0 Å². The molecule has 4 aliphatic rings. The number of aliphatic hydroxyl groups excluding tert-OH is 3. The van der Waals surface area contributed by atoms with Crippen LogP contribution in [0.4, 0.5) is 0 Å². The molecule has 24 heavy (non-hydrogen) atoms. The summed E-state index contributed by atoms with van der Waals surface area (Å²) < 4.78 is 0. The summed E-state index contributed by atoms with van der Waals surface area (Å²) in [4.78, 5) is 0. The highest BCUT2D eigenvalue weighted by molar-refractivity contribution is 5.11. The molecule has 0 bridgehead atoms. The van der Waals surface area contributed by atoms with Crippen molar-refractivity contribution in [2.45, 2.75) is 90.4 Å². The van der Waals surface area contributed by atoms with Crippen molar-refractivity contribution in [2.24, 2.45) is 40.4 Å². The fourth-order valence-corrected chi connectivity index (χ4v) is 8.11. The third kappa shape index (κ3) is 2.27. The van der Waals surface area contributed by atoms with E-state index in [9.17, 15) is 15.3 Å². The van der Waals surface area contributed by atoms with Crippen LogP contribution >= 0.6 is 0 Å². The summed E-state index contributed by atoms with van der Waals surface area (Å²) in [6.45, 7) is 6.80. The Labute approximate surface area is 146 Å². The number of rotatable bonds is 1.